The first kappa shape index (κ1) is 16.5. The molecule has 0 atom stereocenters. The maximum Gasteiger partial charge on any atom is 0.338 e. The zero-order chi connectivity index (χ0) is 18.5. The molecule has 2 aromatic carbocycles. The molecule has 3 aliphatic rings. The highest BCUT2D eigenvalue weighted by Gasteiger charge is 2.28. The first-order chi connectivity index (χ1) is 13.1. The Kier molecular flexibility index (Phi) is 3.78. The van der Waals surface area contributed by atoms with Gasteiger partial charge in [-0.1, -0.05) is 12.1 Å². The van der Waals surface area contributed by atoms with Gasteiger partial charge in [0.1, 0.15) is 0 Å². The van der Waals surface area contributed by atoms with E-state index in [0.717, 1.165) is 59.9 Å². The minimum Gasteiger partial charge on any atom is -0.465 e. The number of fused-ring (bicyclic) bond motifs is 3. The van der Waals surface area contributed by atoms with Crippen LogP contribution in [0.3, 0.4) is 0 Å². The van der Waals surface area contributed by atoms with Gasteiger partial charge >= 0.3 is 5.97 Å². The van der Waals surface area contributed by atoms with Crippen molar-refractivity contribution in [2.75, 3.05) is 7.11 Å². The molecule has 0 saturated carbocycles. The van der Waals surface area contributed by atoms with Crippen molar-refractivity contribution in [3.63, 3.8) is 0 Å². The quantitative estimate of drug-likeness (QED) is 0.595. The van der Waals surface area contributed by atoms with E-state index >= 15 is 0 Å². The molecule has 0 N–H and O–H groups in total. The highest BCUT2D eigenvalue weighted by Crippen LogP contribution is 2.34. The van der Waals surface area contributed by atoms with E-state index in [1.54, 1.807) is 0 Å². The average molecular weight is 358 g/mol. The monoisotopic (exact) mass is 358 g/mol. The molecule has 0 bridgehead atoms. The van der Waals surface area contributed by atoms with Gasteiger partial charge in [-0.05, 0) is 90.1 Å². The topological polar surface area (TPSA) is 43.4 Å². The Morgan fingerprint density at radius 3 is 2.48 bits per heavy atom. The number of hydrogen-bond donors (Lipinski definition) is 0. The third-order valence-corrected chi connectivity index (χ3v) is 6.22. The van der Waals surface area contributed by atoms with Crippen molar-refractivity contribution in [1.29, 1.82) is 0 Å². The van der Waals surface area contributed by atoms with Gasteiger partial charge in [-0.2, -0.15) is 0 Å². The Balaban J connectivity index is 1.54. The number of allylic oxidation sites excluding steroid dienone is 1. The second-order valence-corrected chi connectivity index (χ2v) is 7.86. The number of esters is 1. The lowest BCUT2D eigenvalue weighted by molar-refractivity contribution is 0.0599. The summed E-state index contributed by atoms with van der Waals surface area (Å²) in [5, 5.41) is 0. The standard InChI is InChI=1S/C24H22O3/c1-27-24(26)22-10-14(8-17-6-3-7-20(17)22)9-19-12-18-11-15-4-2-5-16(15)13-21(18)23(19)25/h8-11,13H,2-7,12H2,1H3/b19-9-. The van der Waals surface area contributed by atoms with E-state index in [1.165, 1.54) is 30.2 Å². The van der Waals surface area contributed by atoms with Crippen molar-refractivity contribution >= 4 is 17.8 Å². The fourth-order valence-electron chi connectivity index (χ4n) is 4.91. The van der Waals surface area contributed by atoms with E-state index in [2.05, 4.69) is 18.2 Å². The summed E-state index contributed by atoms with van der Waals surface area (Å²) in [5.74, 6) is -0.148. The zero-order valence-corrected chi connectivity index (χ0v) is 15.6. The van der Waals surface area contributed by atoms with Crippen LogP contribution in [0.1, 0.15) is 66.9 Å². The van der Waals surface area contributed by atoms with Crippen molar-refractivity contribution in [2.45, 2.75) is 44.9 Å². The van der Waals surface area contributed by atoms with E-state index in [4.69, 9.17) is 4.74 Å². The Morgan fingerprint density at radius 1 is 0.926 bits per heavy atom. The molecule has 0 saturated heterocycles. The first-order valence-corrected chi connectivity index (χ1v) is 9.78. The number of methoxy groups -OCH3 is 1. The fraction of sp³-hybridized carbons (Fsp3) is 0.333. The van der Waals surface area contributed by atoms with Crippen LogP contribution in [0.4, 0.5) is 0 Å². The molecule has 0 aliphatic heterocycles. The number of ether oxygens (including phenoxy) is 1. The molecular weight excluding hydrogens is 336 g/mol. The third kappa shape index (κ3) is 2.64. The van der Waals surface area contributed by atoms with Crippen LogP contribution in [0.5, 0.6) is 0 Å². The van der Waals surface area contributed by atoms with Gasteiger partial charge in [-0.25, -0.2) is 4.79 Å². The summed E-state index contributed by atoms with van der Waals surface area (Å²) in [6.07, 6.45) is 9.04. The van der Waals surface area contributed by atoms with Gasteiger partial charge in [0.25, 0.3) is 0 Å². The SMILES string of the molecule is COC(=O)c1cc(/C=C2/Cc3cc4c(cc3C2=O)CCC4)cc2c1CCC2. The van der Waals surface area contributed by atoms with Crippen molar-refractivity contribution in [2.24, 2.45) is 0 Å². The first-order valence-electron chi connectivity index (χ1n) is 9.78. The molecule has 0 amide bonds. The van der Waals surface area contributed by atoms with Gasteiger partial charge in [-0.3, -0.25) is 4.79 Å². The summed E-state index contributed by atoms with van der Waals surface area (Å²) >= 11 is 0. The Bertz CT molecular complexity index is 1030. The lowest BCUT2D eigenvalue weighted by Crippen LogP contribution is -2.06. The second-order valence-electron chi connectivity index (χ2n) is 7.86. The number of Topliss-reactive ketones (excluding diaryl/α,β-unsaturated/α-hetero) is 1. The molecule has 136 valence electrons. The number of ketones is 1. The predicted octanol–water partition coefficient (Wildman–Crippen LogP) is 4.27. The maximum atomic E-state index is 12.9. The largest absolute Gasteiger partial charge is 0.465 e. The summed E-state index contributed by atoms with van der Waals surface area (Å²) in [7, 11) is 1.42. The molecule has 0 radical (unpaired) electrons. The lowest BCUT2D eigenvalue weighted by Gasteiger charge is -2.09. The van der Waals surface area contributed by atoms with Crippen molar-refractivity contribution in [3.8, 4) is 0 Å². The second kappa shape index (κ2) is 6.19. The normalized spacial score (nSPS) is 18.6. The molecule has 0 fully saturated rings. The molecule has 27 heavy (non-hydrogen) atoms. The van der Waals surface area contributed by atoms with Crippen LogP contribution in [-0.2, 0) is 36.8 Å². The van der Waals surface area contributed by atoms with Gasteiger partial charge in [0.05, 0.1) is 12.7 Å². The van der Waals surface area contributed by atoms with Crippen LogP contribution in [0.25, 0.3) is 6.08 Å². The number of hydrogen-bond acceptors (Lipinski definition) is 3. The van der Waals surface area contributed by atoms with E-state index in [0.29, 0.717) is 12.0 Å². The van der Waals surface area contributed by atoms with Crippen LogP contribution >= 0.6 is 0 Å². The lowest BCUT2D eigenvalue weighted by atomic mass is 9.97. The van der Waals surface area contributed by atoms with Crippen LogP contribution in [-0.4, -0.2) is 18.9 Å². The maximum absolute atomic E-state index is 12.9. The summed E-state index contributed by atoms with van der Waals surface area (Å²) in [6.45, 7) is 0. The molecule has 5 rings (SSSR count). The number of benzene rings is 2. The molecule has 2 aromatic rings. The van der Waals surface area contributed by atoms with Gasteiger partial charge < -0.3 is 4.74 Å². The molecule has 0 heterocycles. The smallest absolute Gasteiger partial charge is 0.338 e. The van der Waals surface area contributed by atoms with Crippen LogP contribution < -0.4 is 0 Å². The summed E-state index contributed by atoms with van der Waals surface area (Å²) in [6, 6.07) is 8.37. The predicted molar refractivity (Wildman–Crippen MR) is 104 cm³/mol. The number of carbonyl (C=O) groups excluding carboxylic acids is 2. The highest BCUT2D eigenvalue weighted by molar-refractivity contribution is 6.15. The Labute approximate surface area is 159 Å². The molecule has 0 unspecified atom stereocenters. The van der Waals surface area contributed by atoms with E-state index in [9.17, 15) is 9.59 Å². The fourth-order valence-corrected chi connectivity index (χ4v) is 4.91. The Hall–Kier alpha value is -2.68. The summed E-state index contributed by atoms with van der Waals surface area (Å²) < 4.78 is 4.98. The van der Waals surface area contributed by atoms with Crippen LogP contribution in [0.15, 0.2) is 29.8 Å². The molecular formula is C24H22O3. The van der Waals surface area contributed by atoms with Gasteiger partial charge in [-0.15, -0.1) is 0 Å². The highest BCUT2D eigenvalue weighted by atomic mass is 16.5. The van der Waals surface area contributed by atoms with Crippen molar-refractivity contribution in [1.82, 2.24) is 0 Å². The van der Waals surface area contributed by atoms with Crippen LogP contribution in [0.2, 0.25) is 0 Å². The van der Waals surface area contributed by atoms with Gasteiger partial charge in [0.15, 0.2) is 5.78 Å². The molecule has 0 aromatic heterocycles. The minimum atomic E-state index is -0.286. The molecule has 3 aliphatic carbocycles. The molecule has 3 heteroatoms. The number of aryl methyl sites for hydroxylation is 3. The van der Waals surface area contributed by atoms with E-state index < -0.39 is 0 Å². The van der Waals surface area contributed by atoms with Gasteiger partial charge in [0.2, 0.25) is 0 Å². The van der Waals surface area contributed by atoms with E-state index in [-0.39, 0.29) is 11.8 Å². The summed E-state index contributed by atoms with van der Waals surface area (Å²) in [5.41, 5.74) is 9.51. The number of rotatable bonds is 2. The minimum absolute atomic E-state index is 0.139. The molecule has 0 spiro atoms. The summed E-state index contributed by atoms with van der Waals surface area (Å²) in [4.78, 5) is 25.2. The van der Waals surface area contributed by atoms with Gasteiger partial charge in [0, 0.05) is 17.6 Å². The third-order valence-electron chi connectivity index (χ3n) is 6.22. The van der Waals surface area contributed by atoms with Crippen LogP contribution in [0, 0.1) is 0 Å². The average Bonchev–Trinajstić information content (AvgIpc) is 3.38. The zero-order valence-electron chi connectivity index (χ0n) is 15.6. The Morgan fingerprint density at radius 2 is 1.67 bits per heavy atom. The van der Waals surface area contributed by atoms with Crippen molar-refractivity contribution in [3.05, 3.63) is 74.3 Å². The molecule has 3 nitrogen and oxygen atoms in total. The van der Waals surface area contributed by atoms with E-state index in [1.807, 2.05) is 12.1 Å². The number of carbonyl (C=O) groups is 2. The van der Waals surface area contributed by atoms with Crippen molar-refractivity contribution < 1.29 is 14.3 Å².